The summed E-state index contributed by atoms with van der Waals surface area (Å²) in [5.41, 5.74) is 2.08. The van der Waals surface area contributed by atoms with Gasteiger partial charge in [-0.3, -0.25) is 14.7 Å². The van der Waals surface area contributed by atoms with Gasteiger partial charge in [-0.2, -0.15) is 5.10 Å². The lowest BCUT2D eigenvalue weighted by Gasteiger charge is -2.16. The van der Waals surface area contributed by atoms with Crippen LogP contribution in [0.5, 0.6) is 0 Å². The Kier molecular flexibility index (Phi) is 3.48. The molecule has 2 heterocycles. The van der Waals surface area contributed by atoms with Crippen molar-refractivity contribution in [3.05, 3.63) is 30.0 Å². The van der Waals surface area contributed by atoms with Crippen LogP contribution in [0, 0.1) is 0 Å². The van der Waals surface area contributed by atoms with Gasteiger partial charge in [0.05, 0.1) is 11.7 Å². The molecule has 1 aliphatic rings. The van der Waals surface area contributed by atoms with E-state index in [0.29, 0.717) is 19.5 Å². The van der Waals surface area contributed by atoms with E-state index in [1.54, 1.807) is 13.1 Å². The van der Waals surface area contributed by atoms with E-state index in [0.717, 1.165) is 16.5 Å². The Bertz CT molecular complexity index is 667. The van der Waals surface area contributed by atoms with Crippen molar-refractivity contribution in [1.29, 1.82) is 0 Å². The molecule has 1 N–H and O–H groups in total. The molecule has 1 atom stereocenters. The second-order valence-corrected chi connectivity index (χ2v) is 6.48. The van der Waals surface area contributed by atoms with Crippen molar-refractivity contribution in [2.45, 2.75) is 25.1 Å². The molecule has 6 heteroatoms. The minimum Gasteiger partial charge on any atom is -0.337 e. The number of carbonyl (C=O) groups is 2. The van der Waals surface area contributed by atoms with Crippen LogP contribution in [0.3, 0.4) is 0 Å². The predicted molar refractivity (Wildman–Crippen MR) is 78.2 cm³/mol. The number of aromatic amines is 1. The molecule has 1 unspecified atom stereocenters. The first kappa shape index (κ1) is 13.2. The van der Waals surface area contributed by atoms with Crippen LogP contribution in [-0.2, 0) is 16.1 Å². The van der Waals surface area contributed by atoms with Crippen LogP contribution in [0.4, 0.5) is 0 Å². The molecule has 1 fully saturated rings. The first-order chi connectivity index (χ1) is 9.61. The normalized spacial score (nSPS) is 18.9. The van der Waals surface area contributed by atoms with Crippen LogP contribution in [-0.4, -0.2) is 37.9 Å². The van der Waals surface area contributed by atoms with Crippen LogP contribution in [0.15, 0.2) is 24.4 Å². The number of hydrogen-bond acceptors (Lipinski definition) is 4. The first-order valence-corrected chi connectivity index (χ1v) is 7.37. The molecule has 0 saturated carbocycles. The highest BCUT2D eigenvalue weighted by Gasteiger charge is 2.30. The number of benzene rings is 1. The van der Waals surface area contributed by atoms with Gasteiger partial charge < -0.3 is 4.90 Å². The Labute approximate surface area is 120 Å². The average Bonchev–Trinajstić information content (AvgIpc) is 2.96. The summed E-state index contributed by atoms with van der Waals surface area (Å²) in [6.07, 6.45) is 2.23. The molecule has 0 spiro atoms. The number of thioether (sulfide) groups is 1. The van der Waals surface area contributed by atoms with Crippen LogP contribution in [0.25, 0.3) is 10.9 Å². The third-order valence-corrected chi connectivity index (χ3v) is 4.37. The lowest BCUT2D eigenvalue weighted by molar-refractivity contribution is -0.128. The topological polar surface area (TPSA) is 66.1 Å². The Balaban J connectivity index is 1.70. The molecule has 1 aliphatic heterocycles. The quantitative estimate of drug-likeness (QED) is 0.938. The lowest BCUT2D eigenvalue weighted by atomic mass is 10.1. The summed E-state index contributed by atoms with van der Waals surface area (Å²) in [6.45, 7) is 2.78. The summed E-state index contributed by atoms with van der Waals surface area (Å²) in [7, 11) is 0. The summed E-state index contributed by atoms with van der Waals surface area (Å²) in [6, 6.07) is 6.01. The fraction of sp³-hybridized carbons (Fsp3) is 0.357. The van der Waals surface area contributed by atoms with Gasteiger partial charge in [-0.15, -0.1) is 0 Å². The van der Waals surface area contributed by atoms with Crippen LogP contribution < -0.4 is 0 Å². The highest BCUT2D eigenvalue weighted by atomic mass is 32.2. The molecule has 5 nitrogen and oxygen atoms in total. The maximum Gasteiger partial charge on any atom is 0.224 e. The monoisotopic (exact) mass is 289 g/mol. The zero-order valence-electron chi connectivity index (χ0n) is 11.1. The predicted octanol–water partition coefficient (Wildman–Crippen LogP) is 1.94. The molecule has 2 aromatic rings. The van der Waals surface area contributed by atoms with Crippen molar-refractivity contribution in [3.8, 4) is 0 Å². The number of nitrogens with zero attached hydrogens (tertiary/aromatic N) is 2. The zero-order valence-corrected chi connectivity index (χ0v) is 11.9. The van der Waals surface area contributed by atoms with Gasteiger partial charge in [0.2, 0.25) is 5.91 Å². The van der Waals surface area contributed by atoms with Crippen molar-refractivity contribution in [1.82, 2.24) is 15.1 Å². The van der Waals surface area contributed by atoms with E-state index in [-0.39, 0.29) is 16.3 Å². The molecule has 0 radical (unpaired) electrons. The number of amides is 1. The Morgan fingerprint density at radius 2 is 2.40 bits per heavy atom. The van der Waals surface area contributed by atoms with Crippen LogP contribution >= 0.6 is 11.8 Å². The second kappa shape index (κ2) is 5.28. The van der Waals surface area contributed by atoms with Gasteiger partial charge in [-0.1, -0.05) is 17.8 Å². The molecule has 1 aromatic carbocycles. The highest BCUT2D eigenvalue weighted by Crippen LogP contribution is 2.26. The van der Waals surface area contributed by atoms with Crippen molar-refractivity contribution >= 4 is 33.7 Å². The van der Waals surface area contributed by atoms with Gasteiger partial charge in [0.1, 0.15) is 0 Å². The highest BCUT2D eigenvalue weighted by molar-refractivity contribution is 8.14. The van der Waals surface area contributed by atoms with E-state index in [1.807, 2.05) is 23.1 Å². The van der Waals surface area contributed by atoms with Gasteiger partial charge in [0.15, 0.2) is 5.12 Å². The van der Waals surface area contributed by atoms with E-state index < -0.39 is 0 Å². The van der Waals surface area contributed by atoms with E-state index in [2.05, 4.69) is 10.2 Å². The molecule has 1 amide bonds. The lowest BCUT2D eigenvalue weighted by Crippen LogP contribution is -2.24. The Hall–Kier alpha value is -1.82. The van der Waals surface area contributed by atoms with Gasteiger partial charge in [0.25, 0.3) is 0 Å². The van der Waals surface area contributed by atoms with Crippen LogP contribution in [0.1, 0.15) is 18.9 Å². The maximum atomic E-state index is 12.0. The third kappa shape index (κ3) is 2.70. The van der Waals surface area contributed by atoms with Gasteiger partial charge in [-0.05, 0) is 17.7 Å². The van der Waals surface area contributed by atoms with E-state index in [4.69, 9.17) is 0 Å². The number of nitrogens with one attached hydrogen (secondary N) is 1. The summed E-state index contributed by atoms with van der Waals surface area (Å²) < 4.78 is 0. The van der Waals surface area contributed by atoms with Gasteiger partial charge in [0, 0.05) is 37.1 Å². The Morgan fingerprint density at radius 1 is 1.55 bits per heavy atom. The summed E-state index contributed by atoms with van der Waals surface area (Å²) in [4.78, 5) is 24.9. The summed E-state index contributed by atoms with van der Waals surface area (Å²) in [5.74, 6) is 0.121. The molecule has 3 rings (SSSR count). The van der Waals surface area contributed by atoms with E-state index in [9.17, 15) is 9.59 Å². The van der Waals surface area contributed by atoms with E-state index >= 15 is 0 Å². The first-order valence-electron chi connectivity index (χ1n) is 6.49. The molecule has 0 bridgehead atoms. The molecule has 0 aliphatic carbocycles. The summed E-state index contributed by atoms with van der Waals surface area (Å²) >= 11 is 1.27. The molecule has 1 aromatic heterocycles. The minimum absolute atomic E-state index is 0.0736. The number of rotatable bonds is 3. The number of fused-ring (bicyclic) bond motifs is 1. The zero-order chi connectivity index (χ0) is 14.1. The minimum atomic E-state index is 0.0736. The van der Waals surface area contributed by atoms with Crippen LogP contribution in [0.2, 0.25) is 0 Å². The number of aromatic nitrogens is 2. The molecular formula is C14H15N3O2S. The van der Waals surface area contributed by atoms with Crippen molar-refractivity contribution in [3.63, 3.8) is 0 Å². The second-order valence-electron chi connectivity index (χ2n) is 5.00. The van der Waals surface area contributed by atoms with Crippen molar-refractivity contribution in [2.24, 2.45) is 0 Å². The number of H-pyrrole nitrogens is 1. The number of likely N-dealkylation sites (tertiary alicyclic amines) is 1. The number of carbonyl (C=O) groups excluding carboxylic acids is 2. The fourth-order valence-electron chi connectivity index (χ4n) is 2.51. The third-order valence-electron chi connectivity index (χ3n) is 3.39. The SMILES string of the molecule is CC(=O)SC1CC(=O)N(Cc2ccc3[nH]ncc3c2)C1. The largest absolute Gasteiger partial charge is 0.337 e. The van der Waals surface area contributed by atoms with E-state index in [1.165, 1.54) is 11.8 Å². The molecule has 20 heavy (non-hydrogen) atoms. The summed E-state index contributed by atoms with van der Waals surface area (Å²) in [5, 5.41) is 8.11. The maximum absolute atomic E-state index is 12.0. The van der Waals surface area contributed by atoms with Gasteiger partial charge >= 0.3 is 0 Å². The van der Waals surface area contributed by atoms with Crippen molar-refractivity contribution < 1.29 is 9.59 Å². The molecular weight excluding hydrogens is 274 g/mol. The Morgan fingerprint density at radius 3 is 3.20 bits per heavy atom. The number of hydrogen-bond donors (Lipinski definition) is 1. The standard InChI is InChI=1S/C14H15N3O2S/c1-9(18)20-12-5-14(19)17(8-12)7-10-2-3-13-11(4-10)6-15-16-13/h2-4,6,12H,5,7-8H2,1H3,(H,15,16). The van der Waals surface area contributed by atoms with Gasteiger partial charge in [-0.25, -0.2) is 0 Å². The molecule has 1 saturated heterocycles. The molecule has 104 valence electrons. The fourth-order valence-corrected chi connectivity index (χ4v) is 3.46. The smallest absolute Gasteiger partial charge is 0.224 e. The van der Waals surface area contributed by atoms with Crippen molar-refractivity contribution in [2.75, 3.05) is 6.54 Å². The average molecular weight is 289 g/mol.